The number of carbonyl (C=O) groups excluding carboxylic acids is 1. The summed E-state index contributed by atoms with van der Waals surface area (Å²) < 4.78 is 3.53. The molecule has 2 fully saturated rings. The highest BCUT2D eigenvalue weighted by molar-refractivity contribution is 6.33. The van der Waals surface area contributed by atoms with E-state index in [1.807, 2.05) is 41.9 Å². The van der Waals surface area contributed by atoms with Gasteiger partial charge in [0, 0.05) is 31.2 Å². The van der Waals surface area contributed by atoms with Crippen molar-refractivity contribution in [3.05, 3.63) is 76.6 Å². The number of nitrogens with zero attached hydrogens (tertiary/aromatic N) is 6. The highest BCUT2D eigenvalue weighted by Crippen LogP contribution is 2.53. The molecule has 0 aliphatic heterocycles. The van der Waals surface area contributed by atoms with E-state index in [0.29, 0.717) is 40.8 Å². The van der Waals surface area contributed by atoms with Gasteiger partial charge in [0.2, 0.25) is 0 Å². The fraction of sp³-hybridized carbons (Fsp3) is 0.414. The summed E-state index contributed by atoms with van der Waals surface area (Å²) >= 11 is 6.43. The van der Waals surface area contributed by atoms with Gasteiger partial charge >= 0.3 is 0 Å². The molecule has 39 heavy (non-hydrogen) atoms. The van der Waals surface area contributed by atoms with E-state index in [-0.39, 0.29) is 16.9 Å². The lowest BCUT2D eigenvalue weighted by molar-refractivity contribution is 0.101. The van der Waals surface area contributed by atoms with Crippen LogP contribution in [0.25, 0.3) is 5.52 Å². The van der Waals surface area contributed by atoms with Crippen LogP contribution in [0.4, 0.5) is 5.69 Å². The molecule has 1 amide bonds. The number of nitrogens with one attached hydrogen (secondary N) is 2. The molecule has 0 atom stereocenters. The number of amides is 1. The van der Waals surface area contributed by atoms with Crippen molar-refractivity contribution in [2.45, 2.75) is 62.9 Å². The van der Waals surface area contributed by atoms with Gasteiger partial charge in [0.25, 0.3) is 5.91 Å². The van der Waals surface area contributed by atoms with Crippen molar-refractivity contribution in [3.8, 4) is 6.07 Å². The van der Waals surface area contributed by atoms with Crippen LogP contribution in [0.15, 0.2) is 48.9 Å². The quantitative estimate of drug-likeness (QED) is 0.323. The third kappa shape index (κ3) is 4.58. The lowest BCUT2D eigenvalue weighted by atomic mass is 9.57. The van der Waals surface area contributed by atoms with Gasteiger partial charge in [0.15, 0.2) is 0 Å². The van der Waals surface area contributed by atoms with E-state index >= 15 is 0 Å². The first-order chi connectivity index (χ1) is 18.8. The van der Waals surface area contributed by atoms with E-state index in [1.165, 1.54) is 6.42 Å². The van der Waals surface area contributed by atoms with Gasteiger partial charge in [-0.2, -0.15) is 10.4 Å². The van der Waals surface area contributed by atoms with Gasteiger partial charge in [-0.1, -0.05) is 23.7 Å². The number of halogens is 1. The second kappa shape index (κ2) is 9.78. The normalized spacial score (nSPS) is 21.6. The number of aromatic nitrogens is 5. The Bertz CT molecular complexity index is 1590. The summed E-state index contributed by atoms with van der Waals surface area (Å²) in [5.41, 5.74) is 3.62. The van der Waals surface area contributed by atoms with Crippen LogP contribution in [-0.4, -0.2) is 35.8 Å². The molecule has 3 heterocycles. The van der Waals surface area contributed by atoms with Crippen LogP contribution in [0.5, 0.6) is 0 Å². The maximum Gasteiger partial charge on any atom is 0.274 e. The highest BCUT2D eigenvalue weighted by Gasteiger charge is 2.49. The monoisotopic (exact) mass is 542 g/mol. The summed E-state index contributed by atoms with van der Waals surface area (Å²) in [4.78, 5) is 13.6. The van der Waals surface area contributed by atoms with E-state index in [4.69, 9.17) is 11.6 Å². The van der Waals surface area contributed by atoms with Gasteiger partial charge in [-0.15, -0.1) is 10.2 Å². The minimum Gasteiger partial charge on any atom is -0.321 e. The minimum absolute atomic E-state index is 0.144. The van der Waals surface area contributed by atoms with Crippen molar-refractivity contribution in [1.82, 2.24) is 29.7 Å². The second-order valence-electron chi connectivity index (χ2n) is 11.3. The molecular weight excluding hydrogens is 512 g/mol. The highest BCUT2D eigenvalue weighted by atomic mass is 35.5. The number of rotatable bonds is 8. The van der Waals surface area contributed by atoms with Gasteiger partial charge in [0.05, 0.1) is 28.2 Å². The third-order valence-corrected chi connectivity index (χ3v) is 8.80. The van der Waals surface area contributed by atoms with Gasteiger partial charge in [-0.3, -0.25) is 4.79 Å². The van der Waals surface area contributed by atoms with Crippen molar-refractivity contribution >= 4 is 28.7 Å². The average Bonchev–Trinajstić information content (AvgIpc) is 3.48. The van der Waals surface area contributed by atoms with Gasteiger partial charge in [0.1, 0.15) is 17.8 Å². The second-order valence-corrected chi connectivity index (χ2v) is 11.7. The van der Waals surface area contributed by atoms with Crippen molar-refractivity contribution in [2.24, 2.45) is 13.0 Å². The summed E-state index contributed by atoms with van der Waals surface area (Å²) in [5.74, 6) is 0.909. The molecule has 0 unspecified atom stereocenters. The standard InChI is InChI=1S/C29H31ClN8O/c1-28(8-4-9-28)32-16-20-11-24-23(30)17-34-38(24)25(12-20)26(39)35-22-6-3-5-21(13-22)29(14-19(15-29)7-10-31)27-36-33-18-37(27)2/h3,5-6,11-13,17-19,32H,4,7-9,14-16H2,1-2H3,(H,35,39)/t19-,29+. The molecule has 9 nitrogen and oxygen atoms in total. The van der Waals surface area contributed by atoms with Crippen LogP contribution in [0, 0.1) is 17.2 Å². The molecule has 200 valence electrons. The molecule has 0 bridgehead atoms. The van der Waals surface area contributed by atoms with E-state index in [2.05, 4.69) is 45.0 Å². The molecule has 0 radical (unpaired) electrons. The first-order valence-electron chi connectivity index (χ1n) is 13.3. The molecule has 2 aliphatic rings. The smallest absolute Gasteiger partial charge is 0.274 e. The SMILES string of the molecule is Cn1cnnc1[C@]1(c2cccc(NC(=O)c3cc(CNC4(C)CCC4)cc4c(Cl)cnn34)c2)C[C@H](CC#N)C1. The molecule has 1 aromatic carbocycles. The molecular formula is C29H31ClN8O. The lowest BCUT2D eigenvalue weighted by Crippen LogP contribution is -2.47. The van der Waals surface area contributed by atoms with Crippen LogP contribution in [-0.2, 0) is 19.0 Å². The number of fused-ring (bicyclic) bond motifs is 1. The van der Waals surface area contributed by atoms with E-state index < -0.39 is 0 Å². The van der Waals surface area contributed by atoms with Gasteiger partial charge in [-0.05, 0) is 80.3 Å². The first-order valence-corrected chi connectivity index (χ1v) is 13.7. The number of benzene rings is 1. The first kappa shape index (κ1) is 25.5. The summed E-state index contributed by atoms with van der Waals surface area (Å²) in [6.07, 6.45) is 8.95. The van der Waals surface area contributed by atoms with Crippen LogP contribution in [0.3, 0.4) is 0 Å². The van der Waals surface area contributed by atoms with Crippen LogP contribution >= 0.6 is 11.6 Å². The zero-order valence-corrected chi connectivity index (χ0v) is 22.9. The largest absolute Gasteiger partial charge is 0.321 e. The molecule has 6 rings (SSSR count). The molecule has 3 aromatic heterocycles. The summed E-state index contributed by atoms with van der Waals surface area (Å²) in [6, 6.07) is 14.1. The van der Waals surface area contributed by atoms with E-state index in [1.54, 1.807) is 17.0 Å². The minimum atomic E-state index is -0.348. The molecule has 2 N–H and O–H groups in total. The Morgan fingerprint density at radius 2 is 2.08 bits per heavy atom. The van der Waals surface area contributed by atoms with E-state index in [0.717, 1.165) is 42.6 Å². The Kier molecular flexibility index (Phi) is 6.40. The summed E-state index contributed by atoms with van der Waals surface area (Å²) in [5, 5.41) is 29.3. The Morgan fingerprint density at radius 3 is 2.77 bits per heavy atom. The van der Waals surface area contributed by atoms with Crippen molar-refractivity contribution < 1.29 is 4.79 Å². The number of anilines is 1. The van der Waals surface area contributed by atoms with Crippen LogP contribution in [0.2, 0.25) is 5.02 Å². The number of hydrogen-bond acceptors (Lipinski definition) is 6. The predicted octanol–water partition coefficient (Wildman–Crippen LogP) is 5.01. The predicted molar refractivity (Wildman–Crippen MR) is 148 cm³/mol. The number of carbonyl (C=O) groups is 1. The molecule has 0 spiro atoms. The molecule has 10 heteroatoms. The van der Waals surface area contributed by atoms with Crippen molar-refractivity contribution in [2.75, 3.05) is 5.32 Å². The molecule has 2 aliphatic carbocycles. The summed E-state index contributed by atoms with van der Waals surface area (Å²) in [6.45, 7) is 2.88. The van der Waals surface area contributed by atoms with Crippen molar-refractivity contribution in [1.29, 1.82) is 5.26 Å². The molecule has 0 saturated heterocycles. The van der Waals surface area contributed by atoms with Crippen molar-refractivity contribution in [3.63, 3.8) is 0 Å². The Morgan fingerprint density at radius 1 is 1.26 bits per heavy atom. The zero-order chi connectivity index (χ0) is 27.2. The topological polar surface area (TPSA) is 113 Å². The van der Waals surface area contributed by atoms with Gasteiger partial charge < -0.3 is 15.2 Å². The number of pyridine rings is 1. The Hall–Kier alpha value is -3.74. The summed E-state index contributed by atoms with van der Waals surface area (Å²) in [7, 11) is 1.94. The van der Waals surface area contributed by atoms with E-state index in [9.17, 15) is 10.1 Å². The zero-order valence-electron chi connectivity index (χ0n) is 22.1. The maximum atomic E-state index is 13.6. The number of aryl methyl sites for hydroxylation is 1. The van der Waals surface area contributed by atoms with Gasteiger partial charge in [-0.25, -0.2) is 4.52 Å². The fourth-order valence-electron chi connectivity index (χ4n) is 6.13. The fourth-order valence-corrected chi connectivity index (χ4v) is 6.31. The Balaban J connectivity index is 1.29. The molecule has 2 saturated carbocycles. The lowest BCUT2D eigenvalue weighted by Gasteiger charge is -2.46. The average molecular weight is 543 g/mol. The Labute approximate surface area is 232 Å². The molecule has 4 aromatic rings. The number of nitriles is 1. The maximum absolute atomic E-state index is 13.6. The third-order valence-electron chi connectivity index (χ3n) is 8.51. The number of hydrogen-bond donors (Lipinski definition) is 2. The van der Waals surface area contributed by atoms with Crippen LogP contribution < -0.4 is 10.6 Å². The van der Waals surface area contributed by atoms with Crippen LogP contribution in [0.1, 0.15) is 72.9 Å².